The molecule has 0 radical (unpaired) electrons. The number of esters is 1. The Hall–Kier alpha value is -2.63. The predicted molar refractivity (Wildman–Crippen MR) is 95.5 cm³/mol. The van der Waals surface area contributed by atoms with E-state index in [1.54, 1.807) is 6.20 Å². The summed E-state index contributed by atoms with van der Waals surface area (Å²) in [5.74, 6) is -0.718. The average Bonchev–Trinajstić information content (AvgIpc) is 3.34. The van der Waals surface area contributed by atoms with Crippen LogP contribution in [0.5, 0.6) is 0 Å². The van der Waals surface area contributed by atoms with Gasteiger partial charge in [0.2, 0.25) is 5.91 Å². The van der Waals surface area contributed by atoms with Crippen molar-refractivity contribution >= 4 is 11.9 Å². The number of nitrogens with zero attached hydrogens (tertiary/aromatic N) is 2. The molecule has 1 spiro atoms. The van der Waals surface area contributed by atoms with Gasteiger partial charge < -0.3 is 10.1 Å². The second kappa shape index (κ2) is 6.59. The minimum absolute atomic E-state index is 0.0959. The number of hydrogen-bond donors (Lipinski definition) is 1. The molecule has 0 bridgehead atoms. The number of carbonyl (C=O) groups excluding carboxylic acids is 2. The van der Waals surface area contributed by atoms with Crippen LogP contribution in [-0.4, -0.2) is 27.3 Å². The Morgan fingerprint density at radius 3 is 2.88 bits per heavy atom. The lowest BCUT2D eigenvalue weighted by Crippen LogP contribution is -2.42. The number of para-hydroxylation sites is 1. The van der Waals surface area contributed by atoms with Crippen molar-refractivity contribution in [1.29, 1.82) is 0 Å². The van der Waals surface area contributed by atoms with Gasteiger partial charge in [0.15, 0.2) is 0 Å². The molecule has 6 nitrogen and oxygen atoms in total. The average molecular weight is 353 g/mol. The summed E-state index contributed by atoms with van der Waals surface area (Å²) in [5.41, 5.74) is 2.51. The van der Waals surface area contributed by atoms with Crippen molar-refractivity contribution in [3.8, 4) is 5.69 Å². The Labute approximate surface area is 152 Å². The molecular weight excluding hydrogens is 330 g/mol. The van der Waals surface area contributed by atoms with Crippen molar-refractivity contribution in [2.45, 2.75) is 51.2 Å². The lowest BCUT2D eigenvalue weighted by atomic mass is 9.85. The molecule has 6 heteroatoms. The maximum absolute atomic E-state index is 12.7. The number of hydrogen-bond acceptors (Lipinski definition) is 4. The van der Waals surface area contributed by atoms with E-state index in [1.165, 1.54) is 0 Å². The van der Waals surface area contributed by atoms with Crippen molar-refractivity contribution in [3.05, 3.63) is 47.8 Å². The summed E-state index contributed by atoms with van der Waals surface area (Å²) in [6.07, 6.45) is 7.48. The highest BCUT2D eigenvalue weighted by Gasteiger charge is 2.53. The lowest BCUT2D eigenvalue weighted by molar-refractivity contribution is -0.149. The molecule has 2 fully saturated rings. The molecule has 1 aliphatic heterocycles. The van der Waals surface area contributed by atoms with Gasteiger partial charge in [0, 0.05) is 18.3 Å². The van der Waals surface area contributed by atoms with Gasteiger partial charge >= 0.3 is 5.97 Å². The normalized spacial score (nSPS) is 21.1. The molecule has 2 heterocycles. The van der Waals surface area contributed by atoms with E-state index in [0.29, 0.717) is 6.54 Å². The maximum atomic E-state index is 12.7. The highest BCUT2D eigenvalue weighted by molar-refractivity contribution is 5.87. The van der Waals surface area contributed by atoms with Gasteiger partial charge in [-0.2, -0.15) is 5.10 Å². The fourth-order valence-electron chi connectivity index (χ4n) is 4.16. The van der Waals surface area contributed by atoms with E-state index >= 15 is 0 Å². The standard InChI is InChI=1S/C20H23N3O3/c1-14-6-2-3-7-17(14)23-13-15(12-22-23)11-21-19(25)16-10-18(24)26-20(16)8-4-5-9-20/h2-3,6-7,12-13,16H,4-5,8-11H2,1H3,(H,21,25)/t16-/m0/s1. The molecule has 1 N–H and O–H groups in total. The Morgan fingerprint density at radius 2 is 2.12 bits per heavy atom. The molecule has 0 unspecified atom stereocenters. The fourth-order valence-corrected chi connectivity index (χ4v) is 4.16. The van der Waals surface area contributed by atoms with E-state index in [-0.39, 0.29) is 24.2 Å². The van der Waals surface area contributed by atoms with E-state index in [1.807, 2.05) is 42.1 Å². The first-order valence-electron chi connectivity index (χ1n) is 9.16. The number of amides is 1. The van der Waals surface area contributed by atoms with Gasteiger partial charge in [-0.25, -0.2) is 4.68 Å². The fraction of sp³-hybridized carbons (Fsp3) is 0.450. The number of aryl methyl sites for hydroxylation is 1. The van der Waals surface area contributed by atoms with Gasteiger partial charge in [0.1, 0.15) is 5.60 Å². The van der Waals surface area contributed by atoms with Gasteiger partial charge in [-0.15, -0.1) is 0 Å². The van der Waals surface area contributed by atoms with Crippen molar-refractivity contribution in [2.75, 3.05) is 0 Å². The van der Waals surface area contributed by atoms with Gasteiger partial charge in [0.05, 0.1) is 24.2 Å². The molecule has 2 aliphatic rings. The Morgan fingerprint density at radius 1 is 1.35 bits per heavy atom. The summed E-state index contributed by atoms with van der Waals surface area (Å²) in [6.45, 7) is 2.43. The Kier molecular flexibility index (Phi) is 4.26. The second-order valence-corrected chi connectivity index (χ2v) is 7.30. The zero-order chi connectivity index (χ0) is 18.1. The highest BCUT2D eigenvalue weighted by atomic mass is 16.6. The van der Waals surface area contributed by atoms with Crippen molar-refractivity contribution in [3.63, 3.8) is 0 Å². The highest BCUT2D eigenvalue weighted by Crippen LogP contribution is 2.45. The van der Waals surface area contributed by atoms with Gasteiger partial charge in [0.25, 0.3) is 0 Å². The topological polar surface area (TPSA) is 73.2 Å². The first-order valence-corrected chi connectivity index (χ1v) is 9.16. The summed E-state index contributed by atoms with van der Waals surface area (Å²) >= 11 is 0. The van der Waals surface area contributed by atoms with Crippen molar-refractivity contribution < 1.29 is 14.3 Å². The summed E-state index contributed by atoms with van der Waals surface area (Å²) in [4.78, 5) is 24.5. The molecule has 136 valence electrons. The summed E-state index contributed by atoms with van der Waals surface area (Å²) in [5, 5.41) is 7.36. The van der Waals surface area contributed by atoms with Crippen LogP contribution in [0.1, 0.15) is 43.2 Å². The molecule has 1 amide bonds. The van der Waals surface area contributed by atoms with Crippen LogP contribution in [-0.2, 0) is 20.9 Å². The lowest BCUT2D eigenvalue weighted by Gasteiger charge is -2.27. The number of nitrogens with one attached hydrogen (secondary N) is 1. The quantitative estimate of drug-likeness (QED) is 0.858. The number of ether oxygens (including phenoxy) is 1. The predicted octanol–water partition coefficient (Wildman–Crippen LogP) is 2.67. The SMILES string of the molecule is Cc1ccccc1-n1cc(CNC(=O)[C@@H]2CC(=O)OC23CCCC3)cn1. The number of carbonyl (C=O) groups is 2. The third kappa shape index (κ3) is 3.00. The van der Waals surface area contributed by atoms with E-state index < -0.39 is 5.60 Å². The van der Waals surface area contributed by atoms with Crippen molar-refractivity contribution in [1.82, 2.24) is 15.1 Å². The number of benzene rings is 1. The minimum atomic E-state index is -0.563. The van der Waals surface area contributed by atoms with Crippen LogP contribution in [0.4, 0.5) is 0 Å². The first kappa shape index (κ1) is 16.8. The van der Waals surface area contributed by atoms with E-state index in [9.17, 15) is 9.59 Å². The monoisotopic (exact) mass is 353 g/mol. The van der Waals surface area contributed by atoms with Crippen LogP contribution in [0.3, 0.4) is 0 Å². The molecule has 1 saturated heterocycles. The van der Waals surface area contributed by atoms with E-state index in [4.69, 9.17) is 4.74 Å². The van der Waals surface area contributed by atoms with Crippen LogP contribution in [0.2, 0.25) is 0 Å². The Bertz CT molecular complexity index is 836. The molecular formula is C20H23N3O3. The number of aromatic nitrogens is 2. The molecule has 4 rings (SSSR count). The first-order chi connectivity index (χ1) is 12.6. The van der Waals surface area contributed by atoms with Gasteiger partial charge in [-0.05, 0) is 44.2 Å². The molecule has 26 heavy (non-hydrogen) atoms. The van der Waals surface area contributed by atoms with E-state index in [2.05, 4.69) is 10.4 Å². The van der Waals surface area contributed by atoms with Gasteiger partial charge in [-0.1, -0.05) is 18.2 Å². The van der Waals surface area contributed by atoms with Crippen molar-refractivity contribution in [2.24, 2.45) is 5.92 Å². The third-order valence-electron chi connectivity index (χ3n) is 5.55. The van der Waals surface area contributed by atoms with Crippen LogP contribution in [0.15, 0.2) is 36.7 Å². The minimum Gasteiger partial charge on any atom is -0.458 e. The smallest absolute Gasteiger partial charge is 0.307 e. The maximum Gasteiger partial charge on any atom is 0.307 e. The summed E-state index contributed by atoms with van der Waals surface area (Å²) in [7, 11) is 0. The zero-order valence-corrected chi connectivity index (χ0v) is 14.9. The van der Waals surface area contributed by atoms with Crippen LogP contribution >= 0.6 is 0 Å². The Balaban J connectivity index is 1.42. The third-order valence-corrected chi connectivity index (χ3v) is 5.55. The van der Waals surface area contributed by atoms with Crippen LogP contribution in [0.25, 0.3) is 5.69 Å². The molecule has 1 aliphatic carbocycles. The van der Waals surface area contributed by atoms with Crippen LogP contribution < -0.4 is 5.32 Å². The molecule has 1 saturated carbocycles. The summed E-state index contributed by atoms with van der Waals surface area (Å²) < 4.78 is 7.37. The zero-order valence-electron chi connectivity index (χ0n) is 14.9. The molecule has 1 atom stereocenters. The molecule has 1 aromatic heterocycles. The van der Waals surface area contributed by atoms with E-state index in [0.717, 1.165) is 42.5 Å². The van der Waals surface area contributed by atoms with Crippen LogP contribution in [0, 0.1) is 12.8 Å². The summed E-state index contributed by atoms with van der Waals surface area (Å²) in [6, 6.07) is 8.02. The largest absolute Gasteiger partial charge is 0.458 e. The number of rotatable bonds is 4. The van der Waals surface area contributed by atoms with Gasteiger partial charge in [-0.3, -0.25) is 9.59 Å². The molecule has 2 aromatic rings. The molecule has 1 aromatic carbocycles. The second-order valence-electron chi connectivity index (χ2n) is 7.30.